The second-order valence-electron chi connectivity index (χ2n) is 10.3. The Labute approximate surface area is 246 Å². The fourth-order valence-corrected chi connectivity index (χ4v) is 4.88. The fraction of sp³-hybridized carbons (Fsp3) is 0.167. The van der Waals surface area contributed by atoms with E-state index < -0.39 is 29.4 Å². The summed E-state index contributed by atoms with van der Waals surface area (Å²) in [6.45, 7) is 2.11. The van der Waals surface area contributed by atoms with E-state index in [-0.39, 0.29) is 33.6 Å². The predicted octanol–water partition coefficient (Wildman–Crippen LogP) is 11.1. The first-order valence-electron chi connectivity index (χ1n) is 14.0. The minimum Gasteiger partial charge on any atom is -0.429 e. The number of hydrogen-bond donors (Lipinski definition) is 0. The zero-order valence-electron chi connectivity index (χ0n) is 23.3. The van der Waals surface area contributed by atoms with Gasteiger partial charge in [0.15, 0.2) is 11.6 Å². The van der Waals surface area contributed by atoms with Crippen LogP contribution in [0.5, 0.6) is 5.75 Å². The van der Waals surface area contributed by atoms with Gasteiger partial charge in [0.1, 0.15) is 17.4 Å². The lowest BCUT2D eigenvalue weighted by atomic mass is 9.97. The lowest BCUT2D eigenvalue weighted by molar-refractivity contribution is -0.185. The molecule has 220 valence electrons. The Bertz CT molecular complexity index is 1710. The molecule has 5 rings (SSSR count). The number of unbranched alkanes of at least 4 members (excludes halogenated alkanes) is 2. The monoisotopic (exact) mass is 590 g/mol. The first kappa shape index (κ1) is 30.0. The van der Waals surface area contributed by atoms with Gasteiger partial charge in [-0.3, -0.25) is 0 Å². The Morgan fingerprint density at radius 2 is 1.07 bits per heavy atom. The average molecular weight is 591 g/mol. The average Bonchev–Trinajstić information content (AvgIpc) is 2.99. The molecule has 0 atom stereocenters. The van der Waals surface area contributed by atoms with E-state index in [9.17, 15) is 22.0 Å². The van der Waals surface area contributed by atoms with Gasteiger partial charge in [-0.15, -0.1) is 0 Å². The molecule has 0 aromatic heterocycles. The molecule has 0 radical (unpaired) electrons. The highest BCUT2D eigenvalue weighted by atomic mass is 19.3. The van der Waals surface area contributed by atoms with E-state index in [1.54, 1.807) is 30.3 Å². The van der Waals surface area contributed by atoms with E-state index in [0.717, 1.165) is 49.4 Å². The highest BCUT2D eigenvalue weighted by Crippen LogP contribution is 2.35. The van der Waals surface area contributed by atoms with E-state index >= 15 is 4.39 Å². The molecule has 0 bridgehead atoms. The molecular formula is C36H28F6O. The molecule has 0 heterocycles. The Morgan fingerprint density at radius 3 is 1.65 bits per heavy atom. The third-order valence-electron chi connectivity index (χ3n) is 7.27. The molecule has 43 heavy (non-hydrogen) atoms. The summed E-state index contributed by atoms with van der Waals surface area (Å²) in [6.07, 6.45) is 0.491. The molecule has 1 nitrogen and oxygen atoms in total. The molecular weight excluding hydrogens is 562 g/mol. The third kappa shape index (κ3) is 6.94. The topological polar surface area (TPSA) is 9.23 Å². The Kier molecular flexibility index (Phi) is 8.90. The number of rotatable bonds is 10. The lowest BCUT2D eigenvalue weighted by Crippen LogP contribution is -2.21. The molecule has 5 aromatic carbocycles. The van der Waals surface area contributed by atoms with Crippen LogP contribution in [0.1, 0.15) is 37.3 Å². The third-order valence-corrected chi connectivity index (χ3v) is 7.27. The highest BCUT2D eigenvalue weighted by Gasteiger charge is 2.34. The maximum absolute atomic E-state index is 15.1. The smallest absolute Gasteiger partial charge is 0.426 e. The maximum atomic E-state index is 15.1. The van der Waals surface area contributed by atoms with Crippen LogP contribution in [0.2, 0.25) is 0 Å². The summed E-state index contributed by atoms with van der Waals surface area (Å²) in [6, 6.07) is 23.5. The molecule has 0 aliphatic carbocycles. The van der Waals surface area contributed by atoms with Crippen molar-refractivity contribution in [2.24, 2.45) is 0 Å². The van der Waals surface area contributed by atoms with E-state index in [4.69, 9.17) is 4.74 Å². The fourth-order valence-electron chi connectivity index (χ4n) is 4.88. The summed E-state index contributed by atoms with van der Waals surface area (Å²) in [4.78, 5) is 0. The van der Waals surface area contributed by atoms with E-state index in [0.29, 0.717) is 11.1 Å². The molecule has 7 heteroatoms. The predicted molar refractivity (Wildman–Crippen MR) is 157 cm³/mol. The van der Waals surface area contributed by atoms with Crippen LogP contribution in [0.25, 0.3) is 33.4 Å². The number of aryl methyl sites for hydroxylation is 1. The summed E-state index contributed by atoms with van der Waals surface area (Å²) >= 11 is 0. The summed E-state index contributed by atoms with van der Waals surface area (Å²) in [5.74, 6) is -3.53. The van der Waals surface area contributed by atoms with Crippen LogP contribution in [0.3, 0.4) is 0 Å². The highest BCUT2D eigenvalue weighted by molar-refractivity contribution is 5.74. The summed E-state index contributed by atoms with van der Waals surface area (Å²) in [5.41, 5.74) is 2.40. The molecule has 5 aromatic rings. The molecule has 0 amide bonds. The molecule has 0 aliphatic heterocycles. The number of alkyl halides is 2. The van der Waals surface area contributed by atoms with E-state index in [2.05, 4.69) is 6.92 Å². The minimum absolute atomic E-state index is 0.0468. The van der Waals surface area contributed by atoms with Gasteiger partial charge in [-0.05, 0) is 89.2 Å². The van der Waals surface area contributed by atoms with E-state index in [1.807, 2.05) is 0 Å². The molecule has 0 fully saturated rings. The molecule has 0 saturated carbocycles. The molecule has 0 saturated heterocycles. The van der Waals surface area contributed by atoms with Gasteiger partial charge in [0.25, 0.3) is 0 Å². The summed E-state index contributed by atoms with van der Waals surface area (Å²) < 4.78 is 91.5. The number of halogens is 6. The molecule has 0 aliphatic rings. The van der Waals surface area contributed by atoms with Crippen molar-refractivity contribution in [3.63, 3.8) is 0 Å². The second-order valence-corrected chi connectivity index (χ2v) is 10.3. The van der Waals surface area contributed by atoms with Crippen LogP contribution >= 0.6 is 0 Å². The van der Waals surface area contributed by atoms with Crippen LogP contribution < -0.4 is 4.74 Å². The van der Waals surface area contributed by atoms with E-state index in [1.165, 1.54) is 54.6 Å². The summed E-state index contributed by atoms with van der Waals surface area (Å²) in [7, 11) is 0. The molecule has 0 unspecified atom stereocenters. The Balaban J connectivity index is 1.28. The number of hydrogen-bond acceptors (Lipinski definition) is 1. The van der Waals surface area contributed by atoms with Crippen LogP contribution in [0.15, 0.2) is 103 Å². The first-order valence-corrected chi connectivity index (χ1v) is 14.0. The largest absolute Gasteiger partial charge is 0.429 e. The summed E-state index contributed by atoms with van der Waals surface area (Å²) in [5, 5.41) is 0. The van der Waals surface area contributed by atoms with Crippen molar-refractivity contribution in [3.8, 4) is 39.1 Å². The standard InChI is InChI=1S/C36H28F6O/c1-2-3-4-5-23-6-13-28(14-7-23)36(41,42)43-29-15-8-24(9-16-29)25-10-17-30(33(38)20-25)26-11-18-31(34(39)21-26)27-12-19-32(37)35(40)22-27/h6-22H,2-5H2,1H3. The minimum atomic E-state index is -3.53. The van der Waals surface area contributed by atoms with Crippen molar-refractivity contribution in [2.45, 2.75) is 38.7 Å². The van der Waals surface area contributed by atoms with Gasteiger partial charge in [0.2, 0.25) is 0 Å². The van der Waals surface area contributed by atoms with Crippen LogP contribution in [-0.4, -0.2) is 0 Å². The molecule has 0 N–H and O–H groups in total. The Morgan fingerprint density at radius 1 is 0.535 bits per heavy atom. The van der Waals surface area contributed by atoms with Gasteiger partial charge in [-0.1, -0.05) is 74.4 Å². The first-order chi connectivity index (χ1) is 20.6. The SMILES string of the molecule is CCCCCc1ccc(C(F)(F)Oc2ccc(-c3ccc(-c4ccc(-c5ccc(F)c(F)c5)c(F)c4)c(F)c3)cc2)cc1. The maximum Gasteiger partial charge on any atom is 0.426 e. The zero-order chi connectivity index (χ0) is 30.6. The van der Waals surface area contributed by atoms with Crippen molar-refractivity contribution in [3.05, 3.63) is 138 Å². The number of ether oxygens (including phenoxy) is 1. The van der Waals surface area contributed by atoms with Crippen molar-refractivity contribution >= 4 is 0 Å². The van der Waals surface area contributed by atoms with Crippen molar-refractivity contribution in [2.75, 3.05) is 0 Å². The second kappa shape index (κ2) is 12.8. The quantitative estimate of drug-likeness (QED) is 0.116. The van der Waals surface area contributed by atoms with Crippen molar-refractivity contribution < 1.29 is 31.1 Å². The van der Waals surface area contributed by atoms with Crippen LogP contribution in [-0.2, 0) is 12.5 Å². The van der Waals surface area contributed by atoms with Gasteiger partial charge in [0.05, 0.1) is 5.56 Å². The van der Waals surface area contributed by atoms with Crippen molar-refractivity contribution in [1.29, 1.82) is 0 Å². The zero-order valence-corrected chi connectivity index (χ0v) is 23.3. The van der Waals surface area contributed by atoms with Gasteiger partial charge in [-0.25, -0.2) is 17.6 Å². The van der Waals surface area contributed by atoms with Gasteiger partial charge in [-0.2, -0.15) is 8.78 Å². The Hall–Kier alpha value is -4.52. The van der Waals surface area contributed by atoms with Gasteiger partial charge < -0.3 is 4.74 Å². The number of benzene rings is 5. The lowest BCUT2D eigenvalue weighted by Gasteiger charge is -2.19. The van der Waals surface area contributed by atoms with Crippen LogP contribution in [0, 0.1) is 23.3 Å². The van der Waals surface area contributed by atoms with Gasteiger partial charge >= 0.3 is 6.11 Å². The van der Waals surface area contributed by atoms with Crippen LogP contribution in [0.4, 0.5) is 26.3 Å². The van der Waals surface area contributed by atoms with Crippen molar-refractivity contribution in [1.82, 2.24) is 0 Å². The normalized spacial score (nSPS) is 11.5. The molecule has 0 spiro atoms. The van der Waals surface area contributed by atoms with Gasteiger partial charge in [0, 0.05) is 11.1 Å².